The summed E-state index contributed by atoms with van der Waals surface area (Å²) in [7, 11) is 0. The van der Waals surface area contributed by atoms with Crippen LogP contribution in [-0.2, 0) is 5.41 Å². The highest BCUT2D eigenvalue weighted by Gasteiger charge is 2.40. The summed E-state index contributed by atoms with van der Waals surface area (Å²) in [4.78, 5) is 16.5. The Bertz CT molecular complexity index is 1110. The molecule has 0 saturated heterocycles. The Morgan fingerprint density at radius 1 is 1.24 bits per heavy atom. The molecule has 0 spiro atoms. The summed E-state index contributed by atoms with van der Waals surface area (Å²) in [5.41, 5.74) is 2.89. The molecule has 3 aromatic rings. The highest BCUT2D eigenvalue weighted by molar-refractivity contribution is 14.1. The maximum Gasteiger partial charge on any atom is 0.195 e. The Kier molecular flexibility index (Phi) is 5.16. The number of benzene rings is 2. The Labute approximate surface area is 181 Å². The van der Waals surface area contributed by atoms with Gasteiger partial charge < -0.3 is 19.9 Å². The summed E-state index contributed by atoms with van der Waals surface area (Å²) in [5.74, 6) is 0.0695. The van der Waals surface area contributed by atoms with Crippen molar-refractivity contribution in [2.45, 2.75) is 29.3 Å². The number of aromatic amines is 1. The lowest BCUT2D eigenvalue weighted by Gasteiger charge is -2.32. The molecule has 0 amide bonds. The van der Waals surface area contributed by atoms with Gasteiger partial charge in [0.2, 0.25) is 0 Å². The molecule has 0 bridgehead atoms. The number of hydrogen-bond donors (Lipinski definition) is 3. The third-order valence-electron chi connectivity index (χ3n) is 5.54. The number of aliphatic hydroxyl groups is 2. The number of aliphatic hydroxyl groups excluding tert-OH is 2. The monoisotopic (exact) mass is 509 g/mol. The van der Waals surface area contributed by atoms with Crippen LogP contribution in [0, 0.1) is 5.82 Å². The van der Waals surface area contributed by atoms with Gasteiger partial charge in [-0.25, -0.2) is 4.39 Å². The summed E-state index contributed by atoms with van der Waals surface area (Å²) in [6.07, 6.45) is -0.861. The van der Waals surface area contributed by atoms with Gasteiger partial charge in [-0.15, -0.1) is 0 Å². The van der Waals surface area contributed by atoms with E-state index < -0.39 is 11.5 Å². The van der Waals surface area contributed by atoms with E-state index in [0.29, 0.717) is 22.3 Å². The first-order chi connectivity index (χ1) is 13.7. The molecule has 0 fully saturated rings. The minimum absolute atomic E-state index is 0.139. The van der Waals surface area contributed by atoms with E-state index in [-0.39, 0.29) is 28.7 Å². The molecule has 7 heteroatoms. The van der Waals surface area contributed by atoms with Crippen molar-refractivity contribution in [1.29, 1.82) is 0 Å². The second kappa shape index (κ2) is 7.37. The second-order valence-electron chi connectivity index (χ2n) is 7.80. The predicted octanol–water partition coefficient (Wildman–Crippen LogP) is 3.71. The van der Waals surface area contributed by atoms with E-state index in [2.05, 4.69) is 4.98 Å². The van der Waals surface area contributed by atoms with Crippen molar-refractivity contribution in [3.05, 3.63) is 64.6 Å². The topological polar surface area (TPSA) is 82.5 Å². The van der Waals surface area contributed by atoms with Gasteiger partial charge in [-0.2, -0.15) is 0 Å². The van der Waals surface area contributed by atoms with Crippen LogP contribution in [0.25, 0.3) is 10.9 Å². The summed E-state index contributed by atoms with van der Waals surface area (Å²) in [5, 5.41) is 19.3. The fourth-order valence-corrected chi connectivity index (χ4v) is 4.27. The molecule has 0 radical (unpaired) electrons. The average Bonchev–Trinajstić information content (AvgIpc) is 3.09. The zero-order valence-corrected chi connectivity index (χ0v) is 18.2. The Hall–Kier alpha value is -1.97. The van der Waals surface area contributed by atoms with Crippen LogP contribution in [0.1, 0.15) is 41.0 Å². The maximum atomic E-state index is 13.8. The molecule has 3 N–H and O–H groups in total. The van der Waals surface area contributed by atoms with Gasteiger partial charge in [0.15, 0.2) is 5.78 Å². The molecule has 29 heavy (non-hydrogen) atoms. The van der Waals surface area contributed by atoms with Crippen molar-refractivity contribution in [2.75, 3.05) is 13.2 Å². The number of carbonyl (C=O) groups excluding carboxylic acids is 1. The van der Waals surface area contributed by atoms with Crippen LogP contribution in [0.2, 0.25) is 0 Å². The lowest BCUT2D eigenvalue weighted by molar-refractivity contribution is 0.0848. The molecule has 1 aliphatic rings. The number of aromatic nitrogens is 1. The van der Waals surface area contributed by atoms with E-state index in [9.17, 15) is 14.3 Å². The normalized spacial score (nSPS) is 17.0. The number of fused-ring (bicyclic) bond motifs is 4. The molecule has 0 saturated carbocycles. The van der Waals surface area contributed by atoms with Gasteiger partial charge in [0.1, 0.15) is 18.2 Å². The van der Waals surface area contributed by atoms with Crippen LogP contribution in [0.15, 0.2) is 36.4 Å². The number of H-pyrrole nitrogens is 1. The summed E-state index contributed by atoms with van der Waals surface area (Å²) < 4.78 is 19.3. The number of alkyl halides is 1. The minimum atomic E-state index is -0.861. The number of nitrogens with one attached hydrogen (secondary N) is 1. The van der Waals surface area contributed by atoms with Gasteiger partial charge in [0.05, 0.1) is 22.2 Å². The quantitative estimate of drug-likeness (QED) is 0.362. The molecule has 2 atom stereocenters. The van der Waals surface area contributed by atoms with Crippen LogP contribution in [-0.4, -0.2) is 44.2 Å². The van der Waals surface area contributed by atoms with Crippen LogP contribution >= 0.6 is 22.6 Å². The molecule has 0 aliphatic heterocycles. The maximum absolute atomic E-state index is 13.8. The lowest BCUT2D eigenvalue weighted by Crippen LogP contribution is -2.31. The van der Waals surface area contributed by atoms with Crippen molar-refractivity contribution < 1.29 is 24.1 Å². The summed E-state index contributed by atoms with van der Waals surface area (Å²) in [6.45, 7) is 3.94. The molecular weight excluding hydrogens is 488 g/mol. The number of carbonyl (C=O) groups is 1. The number of rotatable bonds is 5. The first kappa shape index (κ1) is 20.3. The van der Waals surface area contributed by atoms with Crippen LogP contribution in [0.4, 0.5) is 4.39 Å². The highest BCUT2D eigenvalue weighted by Crippen LogP contribution is 2.44. The van der Waals surface area contributed by atoms with Gasteiger partial charge >= 0.3 is 0 Å². The number of ketones is 1. The molecule has 1 unspecified atom stereocenters. The van der Waals surface area contributed by atoms with Crippen molar-refractivity contribution in [3.63, 3.8) is 0 Å². The van der Waals surface area contributed by atoms with E-state index in [0.717, 1.165) is 16.8 Å². The van der Waals surface area contributed by atoms with E-state index in [4.69, 9.17) is 9.84 Å². The number of halogens is 2. The van der Waals surface area contributed by atoms with Crippen LogP contribution in [0.3, 0.4) is 0 Å². The molecular formula is C22H21FINO4. The second-order valence-corrected chi connectivity index (χ2v) is 9.40. The van der Waals surface area contributed by atoms with Crippen LogP contribution < -0.4 is 4.74 Å². The fraction of sp³-hybridized carbons (Fsp3) is 0.318. The lowest BCUT2D eigenvalue weighted by atomic mass is 9.71. The van der Waals surface area contributed by atoms with Crippen molar-refractivity contribution in [3.8, 4) is 5.75 Å². The van der Waals surface area contributed by atoms with E-state index in [1.165, 1.54) is 12.1 Å². The highest BCUT2D eigenvalue weighted by atomic mass is 127. The minimum Gasteiger partial charge on any atom is -0.492 e. The molecule has 5 nitrogen and oxygen atoms in total. The zero-order chi connectivity index (χ0) is 20.9. The molecule has 4 rings (SSSR count). The van der Waals surface area contributed by atoms with Gasteiger partial charge in [-0.05, 0) is 42.0 Å². The standard InChI is InChI=1S/C22H21FINO4/c1-22(2)15-8-12(29-10-16(24)18(27)9-26)4-5-13(15)20(28)19-14-7-11(23)3-6-17(14)25-21(19)22/h3-8,16,18,25-27H,9-10H2,1-2H3/t16?,18-/m1/s1. The smallest absolute Gasteiger partial charge is 0.195 e. The molecule has 2 aromatic carbocycles. The Morgan fingerprint density at radius 2 is 2.00 bits per heavy atom. The first-order valence-corrected chi connectivity index (χ1v) is 10.6. The average molecular weight is 509 g/mol. The van der Waals surface area contributed by atoms with Gasteiger partial charge in [-0.3, -0.25) is 4.79 Å². The van der Waals surface area contributed by atoms with E-state index >= 15 is 0 Å². The number of ether oxygens (including phenoxy) is 1. The predicted molar refractivity (Wildman–Crippen MR) is 117 cm³/mol. The molecule has 1 aromatic heterocycles. The SMILES string of the molecule is CC1(C)c2cc(OCC(I)[C@H](O)CO)ccc2C(=O)c2c1[nH]c1ccc(F)cc21. The molecule has 152 valence electrons. The summed E-state index contributed by atoms with van der Waals surface area (Å²) >= 11 is 2.03. The van der Waals surface area contributed by atoms with Gasteiger partial charge in [0, 0.05) is 27.6 Å². The third kappa shape index (κ3) is 3.35. The van der Waals surface area contributed by atoms with Crippen molar-refractivity contribution in [1.82, 2.24) is 4.98 Å². The first-order valence-electron chi connectivity index (χ1n) is 9.30. The Balaban J connectivity index is 1.74. The molecule has 1 aliphatic carbocycles. The largest absolute Gasteiger partial charge is 0.492 e. The van der Waals surface area contributed by atoms with Crippen LogP contribution in [0.5, 0.6) is 5.75 Å². The fourth-order valence-electron chi connectivity index (χ4n) is 3.87. The van der Waals surface area contributed by atoms with Gasteiger partial charge in [0.25, 0.3) is 0 Å². The Morgan fingerprint density at radius 3 is 2.72 bits per heavy atom. The van der Waals surface area contributed by atoms with E-state index in [1.54, 1.807) is 18.2 Å². The van der Waals surface area contributed by atoms with Gasteiger partial charge in [-0.1, -0.05) is 36.4 Å². The summed E-state index contributed by atoms with van der Waals surface area (Å²) in [6, 6.07) is 9.73. The van der Waals surface area contributed by atoms with E-state index in [1.807, 2.05) is 42.5 Å². The number of hydrogen-bond acceptors (Lipinski definition) is 4. The zero-order valence-electron chi connectivity index (χ0n) is 16.0. The molecule has 1 heterocycles. The van der Waals surface area contributed by atoms with Crippen molar-refractivity contribution in [2.24, 2.45) is 0 Å². The third-order valence-corrected chi connectivity index (χ3v) is 6.73. The van der Waals surface area contributed by atoms with Crippen molar-refractivity contribution >= 4 is 39.3 Å².